The molecule has 0 spiro atoms. The molecule has 0 bridgehead atoms. The van der Waals surface area contributed by atoms with Crippen molar-refractivity contribution >= 4 is 11.9 Å². The van der Waals surface area contributed by atoms with Crippen LogP contribution < -0.4 is 4.74 Å². The van der Waals surface area contributed by atoms with Crippen LogP contribution in [0.25, 0.3) is 0 Å². The monoisotopic (exact) mass is 462 g/mol. The number of esters is 2. The summed E-state index contributed by atoms with van der Waals surface area (Å²) in [6, 6.07) is 17.9. The van der Waals surface area contributed by atoms with Crippen LogP contribution in [0.3, 0.4) is 0 Å². The van der Waals surface area contributed by atoms with Crippen LogP contribution in [-0.2, 0) is 32.3 Å². The van der Waals surface area contributed by atoms with Crippen LogP contribution >= 0.6 is 0 Å². The predicted octanol–water partition coefficient (Wildman–Crippen LogP) is 4.86. The van der Waals surface area contributed by atoms with Crippen molar-refractivity contribution in [2.24, 2.45) is 5.92 Å². The minimum atomic E-state index is -0.822. The van der Waals surface area contributed by atoms with Crippen molar-refractivity contribution in [3.05, 3.63) is 90.0 Å². The van der Waals surface area contributed by atoms with Gasteiger partial charge in [0.15, 0.2) is 0 Å². The summed E-state index contributed by atoms with van der Waals surface area (Å²) in [6.45, 7) is 2.11. The molecule has 3 rings (SSSR count). The van der Waals surface area contributed by atoms with Gasteiger partial charge in [0.25, 0.3) is 0 Å². The molecule has 0 radical (unpaired) electrons. The fraction of sp³-hybridized carbons (Fsp3) is 0.333. The third-order valence-electron chi connectivity index (χ3n) is 5.48. The first-order valence-corrected chi connectivity index (χ1v) is 11.4. The van der Waals surface area contributed by atoms with Gasteiger partial charge in [-0.2, -0.15) is 0 Å². The number of carbonyl (C=O) groups excluding carboxylic acids is 2. The standard InChI is InChI=1S/C27H30N2O5/c1-3-4-11-24(26(30)33-18-21-9-5-7-16-28-21)25(20-12-14-23(32-2)15-13-20)27(31)34-19-22-10-6-8-17-29-22/h5-10,12-17,24-25H,3-4,11,18-19H2,1-2H3. The summed E-state index contributed by atoms with van der Waals surface area (Å²) in [6.07, 6.45) is 5.43. The van der Waals surface area contributed by atoms with Gasteiger partial charge >= 0.3 is 11.9 Å². The Labute approximate surface area is 200 Å². The number of hydrogen-bond acceptors (Lipinski definition) is 7. The number of pyridine rings is 2. The van der Waals surface area contributed by atoms with Crippen molar-refractivity contribution in [2.45, 2.75) is 45.3 Å². The van der Waals surface area contributed by atoms with Crippen molar-refractivity contribution in [1.82, 2.24) is 9.97 Å². The lowest BCUT2D eigenvalue weighted by Gasteiger charge is -2.25. The number of hydrogen-bond donors (Lipinski definition) is 0. The highest BCUT2D eigenvalue weighted by Gasteiger charge is 2.37. The topological polar surface area (TPSA) is 87.6 Å². The van der Waals surface area contributed by atoms with Gasteiger partial charge in [-0.25, -0.2) is 0 Å². The average Bonchev–Trinajstić information content (AvgIpc) is 2.89. The minimum absolute atomic E-state index is 0.0236. The van der Waals surface area contributed by atoms with Crippen LogP contribution in [0, 0.1) is 5.92 Å². The number of unbranched alkanes of at least 4 members (excludes halogenated alkanes) is 1. The number of methoxy groups -OCH3 is 1. The molecule has 2 atom stereocenters. The van der Waals surface area contributed by atoms with E-state index in [1.807, 2.05) is 19.1 Å². The maximum atomic E-state index is 13.4. The Morgan fingerprint density at radius 2 is 1.41 bits per heavy atom. The zero-order valence-corrected chi connectivity index (χ0v) is 19.6. The van der Waals surface area contributed by atoms with E-state index in [1.165, 1.54) is 0 Å². The number of aromatic nitrogens is 2. The molecule has 7 heteroatoms. The second kappa shape index (κ2) is 13.1. The Bertz CT molecular complexity index is 1030. The molecular weight excluding hydrogens is 432 g/mol. The van der Waals surface area contributed by atoms with Gasteiger partial charge in [-0.1, -0.05) is 44.0 Å². The third kappa shape index (κ3) is 7.13. The van der Waals surface area contributed by atoms with Gasteiger partial charge in [0.2, 0.25) is 0 Å². The van der Waals surface area contributed by atoms with E-state index in [0.29, 0.717) is 29.1 Å². The molecular formula is C27H30N2O5. The molecule has 7 nitrogen and oxygen atoms in total. The van der Waals surface area contributed by atoms with E-state index in [9.17, 15) is 9.59 Å². The van der Waals surface area contributed by atoms with Crippen molar-refractivity contribution in [3.8, 4) is 5.75 Å². The predicted molar refractivity (Wildman–Crippen MR) is 127 cm³/mol. The minimum Gasteiger partial charge on any atom is -0.497 e. The van der Waals surface area contributed by atoms with Gasteiger partial charge in [-0.05, 0) is 48.4 Å². The van der Waals surface area contributed by atoms with Crippen LogP contribution in [0.5, 0.6) is 5.75 Å². The van der Waals surface area contributed by atoms with E-state index < -0.39 is 23.8 Å². The van der Waals surface area contributed by atoms with Gasteiger partial charge in [0.1, 0.15) is 19.0 Å². The van der Waals surface area contributed by atoms with Gasteiger partial charge in [-0.15, -0.1) is 0 Å². The second-order valence-electron chi connectivity index (χ2n) is 7.86. The van der Waals surface area contributed by atoms with Gasteiger partial charge in [0, 0.05) is 12.4 Å². The Morgan fingerprint density at radius 1 is 0.824 bits per heavy atom. The first-order valence-electron chi connectivity index (χ1n) is 11.4. The van der Waals surface area contributed by atoms with E-state index in [0.717, 1.165) is 12.8 Å². The fourth-order valence-electron chi connectivity index (χ4n) is 3.64. The van der Waals surface area contributed by atoms with E-state index in [1.54, 1.807) is 68.0 Å². The van der Waals surface area contributed by atoms with Crippen molar-refractivity contribution in [3.63, 3.8) is 0 Å². The molecule has 0 saturated carbocycles. The van der Waals surface area contributed by atoms with Crippen LogP contribution in [-0.4, -0.2) is 29.0 Å². The smallest absolute Gasteiger partial charge is 0.314 e. The fourth-order valence-corrected chi connectivity index (χ4v) is 3.64. The second-order valence-corrected chi connectivity index (χ2v) is 7.86. The van der Waals surface area contributed by atoms with Crippen LogP contribution in [0.15, 0.2) is 73.1 Å². The third-order valence-corrected chi connectivity index (χ3v) is 5.48. The summed E-state index contributed by atoms with van der Waals surface area (Å²) in [5, 5.41) is 0. The van der Waals surface area contributed by atoms with Crippen molar-refractivity contribution in [1.29, 1.82) is 0 Å². The SMILES string of the molecule is CCCCC(C(=O)OCc1ccccn1)C(C(=O)OCc1ccccn1)c1ccc(OC)cc1. The zero-order chi connectivity index (χ0) is 24.2. The molecule has 0 aliphatic carbocycles. The van der Waals surface area contributed by atoms with Gasteiger partial charge in [-0.3, -0.25) is 19.6 Å². The first kappa shape index (κ1) is 24.9. The molecule has 34 heavy (non-hydrogen) atoms. The molecule has 2 heterocycles. The lowest BCUT2D eigenvalue weighted by Crippen LogP contribution is -2.31. The summed E-state index contributed by atoms with van der Waals surface area (Å²) in [7, 11) is 1.58. The van der Waals surface area contributed by atoms with Crippen LogP contribution in [0.1, 0.15) is 49.1 Å². The molecule has 0 N–H and O–H groups in total. The van der Waals surface area contributed by atoms with E-state index in [-0.39, 0.29) is 13.2 Å². The van der Waals surface area contributed by atoms with Crippen molar-refractivity contribution < 1.29 is 23.8 Å². The summed E-state index contributed by atoms with van der Waals surface area (Å²) in [5.41, 5.74) is 1.94. The highest BCUT2D eigenvalue weighted by Crippen LogP contribution is 2.33. The maximum Gasteiger partial charge on any atom is 0.314 e. The lowest BCUT2D eigenvalue weighted by molar-refractivity contribution is -0.159. The molecule has 0 fully saturated rings. The molecule has 2 unspecified atom stereocenters. The number of carbonyl (C=O) groups is 2. The number of benzene rings is 1. The molecule has 0 aliphatic heterocycles. The molecule has 3 aromatic rings. The molecule has 2 aromatic heterocycles. The van der Waals surface area contributed by atoms with Gasteiger partial charge in [0.05, 0.1) is 30.3 Å². The number of nitrogens with zero attached hydrogens (tertiary/aromatic N) is 2. The highest BCUT2D eigenvalue weighted by molar-refractivity contribution is 5.86. The Kier molecular flexibility index (Phi) is 9.58. The summed E-state index contributed by atoms with van der Waals surface area (Å²) in [5.74, 6) is -1.81. The lowest BCUT2D eigenvalue weighted by atomic mass is 9.82. The summed E-state index contributed by atoms with van der Waals surface area (Å²) in [4.78, 5) is 35.0. The van der Waals surface area contributed by atoms with Crippen LogP contribution in [0.2, 0.25) is 0 Å². The van der Waals surface area contributed by atoms with E-state index in [4.69, 9.17) is 14.2 Å². The average molecular weight is 463 g/mol. The Balaban J connectivity index is 1.84. The number of ether oxygens (including phenoxy) is 3. The normalized spacial score (nSPS) is 12.4. The zero-order valence-electron chi connectivity index (χ0n) is 19.6. The van der Waals surface area contributed by atoms with Gasteiger partial charge < -0.3 is 14.2 Å². The maximum absolute atomic E-state index is 13.4. The molecule has 0 saturated heterocycles. The Morgan fingerprint density at radius 3 is 1.91 bits per heavy atom. The van der Waals surface area contributed by atoms with E-state index >= 15 is 0 Å². The molecule has 178 valence electrons. The quantitative estimate of drug-likeness (QED) is 0.355. The molecule has 0 aliphatic rings. The highest BCUT2D eigenvalue weighted by atomic mass is 16.5. The molecule has 1 aromatic carbocycles. The summed E-state index contributed by atoms with van der Waals surface area (Å²) >= 11 is 0. The summed E-state index contributed by atoms with van der Waals surface area (Å²) < 4.78 is 16.5. The largest absolute Gasteiger partial charge is 0.497 e. The molecule has 0 amide bonds. The van der Waals surface area contributed by atoms with Crippen molar-refractivity contribution in [2.75, 3.05) is 7.11 Å². The van der Waals surface area contributed by atoms with Crippen LogP contribution in [0.4, 0.5) is 0 Å². The first-order chi connectivity index (χ1) is 16.6. The van der Waals surface area contributed by atoms with E-state index in [2.05, 4.69) is 9.97 Å². The number of rotatable bonds is 12. The Hall–Kier alpha value is -3.74.